The highest BCUT2D eigenvalue weighted by atomic mass is 32.1. The first kappa shape index (κ1) is 19.1. The normalized spacial score (nSPS) is 12.0. The zero-order valence-corrected chi connectivity index (χ0v) is 15.5. The third-order valence-corrected chi connectivity index (χ3v) is 4.40. The summed E-state index contributed by atoms with van der Waals surface area (Å²) in [4.78, 5) is 19.0. The monoisotopic (exact) mass is 395 g/mol. The maximum Gasteiger partial charge on any atom is 0.417 e. The molecule has 2 aromatic heterocycles. The average molecular weight is 395 g/mol. The van der Waals surface area contributed by atoms with Crippen molar-refractivity contribution >= 4 is 23.3 Å². The molecule has 0 spiro atoms. The Morgan fingerprint density at radius 1 is 1.22 bits per heavy atom. The number of aromatic nitrogens is 3. The zero-order valence-electron chi connectivity index (χ0n) is 14.7. The van der Waals surface area contributed by atoms with Gasteiger partial charge in [-0.25, -0.2) is 4.98 Å². The van der Waals surface area contributed by atoms with Crippen molar-refractivity contribution in [3.8, 4) is 17.0 Å². The number of H-pyrrole nitrogens is 1. The van der Waals surface area contributed by atoms with Crippen molar-refractivity contribution in [1.82, 2.24) is 14.5 Å². The van der Waals surface area contributed by atoms with E-state index in [1.54, 1.807) is 38.1 Å². The van der Waals surface area contributed by atoms with E-state index in [1.165, 1.54) is 11.7 Å². The van der Waals surface area contributed by atoms with Gasteiger partial charge in [0.05, 0.1) is 23.8 Å². The molecule has 0 aliphatic heterocycles. The molecule has 0 aliphatic rings. The van der Waals surface area contributed by atoms with Gasteiger partial charge in [0.2, 0.25) is 0 Å². The first-order valence-corrected chi connectivity index (χ1v) is 8.45. The van der Waals surface area contributed by atoms with Crippen molar-refractivity contribution in [2.75, 3.05) is 7.11 Å². The molecule has 0 saturated carbocycles. The van der Waals surface area contributed by atoms with Crippen LogP contribution in [0.3, 0.4) is 0 Å². The van der Waals surface area contributed by atoms with Gasteiger partial charge < -0.3 is 4.74 Å². The molecular weight excluding hydrogens is 379 g/mol. The minimum absolute atomic E-state index is 0.0232. The summed E-state index contributed by atoms with van der Waals surface area (Å²) < 4.78 is 47.6. The second-order valence-electron chi connectivity index (χ2n) is 6.20. The van der Waals surface area contributed by atoms with Gasteiger partial charge in [0, 0.05) is 11.6 Å². The summed E-state index contributed by atoms with van der Waals surface area (Å²) in [6, 6.07) is 7.05. The molecule has 0 radical (unpaired) electrons. The molecule has 142 valence electrons. The lowest BCUT2D eigenvalue weighted by Gasteiger charge is -2.18. The molecule has 0 atom stereocenters. The molecule has 3 aromatic rings. The van der Waals surface area contributed by atoms with Gasteiger partial charge in [-0.15, -0.1) is 0 Å². The van der Waals surface area contributed by atoms with Crippen molar-refractivity contribution < 1.29 is 17.9 Å². The maximum atomic E-state index is 13.7. The predicted molar refractivity (Wildman–Crippen MR) is 98.6 cm³/mol. The summed E-state index contributed by atoms with van der Waals surface area (Å²) in [5.74, 6) is 0.567. The van der Waals surface area contributed by atoms with E-state index in [9.17, 15) is 18.0 Å². The van der Waals surface area contributed by atoms with Gasteiger partial charge in [-0.2, -0.15) is 13.2 Å². The smallest absolute Gasteiger partial charge is 0.417 e. The van der Waals surface area contributed by atoms with E-state index in [2.05, 4.69) is 9.97 Å². The number of alkyl halides is 3. The van der Waals surface area contributed by atoms with Gasteiger partial charge >= 0.3 is 6.18 Å². The fourth-order valence-corrected chi connectivity index (χ4v) is 3.25. The van der Waals surface area contributed by atoms with Crippen LogP contribution in [0, 0.1) is 4.77 Å². The number of methoxy groups -OCH3 is 1. The third kappa shape index (κ3) is 3.46. The standard InChI is InChI=1S/C18H16F3N3O2S/c1-9(2)24-15-14(16(25)23-17(24)27)12(18(19,20)21)8-13(22-15)10-4-6-11(26-3)7-5-10/h4-9H,1-3H3,(H,23,25,27). The largest absolute Gasteiger partial charge is 0.497 e. The minimum atomic E-state index is -4.73. The highest BCUT2D eigenvalue weighted by Gasteiger charge is 2.35. The summed E-state index contributed by atoms with van der Waals surface area (Å²) in [7, 11) is 1.49. The Hall–Kier alpha value is -2.68. The van der Waals surface area contributed by atoms with Crippen molar-refractivity contribution in [3.05, 3.63) is 51.0 Å². The molecule has 0 fully saturated rings. The SMILES string of the molecule is COc1ccc(-c2cc(C(F)(F)F)c3c(=O)[nH]c(=S)n(C(C)C)c3n2)cc1. The summed E-state index contributed by atoms with van der Waals surface area (Å²) >= 11 is 5.14. The number of hydrogen-bond acceptors (Lipinski definition) is 4. The van der Waals surface area contributed by atoms with Crippen LogP contribution in [0.15, 0.2) is 35.1 Å². The van der Waals surface area contributed by atoms with E-state index in [4.69, 9.17) is 17.0 Å². The van der Waals surface area contributed by atoms with Crippen LogP contribution >= 0.6 is 12.2 Å². The Kier molecular flexibility index (Phi) is 4.81. The first-order valence-electron chi connectivity index (χ1n) is 8.04. The lowest BCUT2D eigenvalue weighted by molar-refractivity contribution is -0.136. The number of fused-ring (bicyclic) bond motifs is 1. The molecule has 1 N–H and O–H groups in total. The van der Waals surface area contributed by atoms with Crippen LogP contribution in [0.4, 0.5) is 13.2 Å². The lowest BCUT2D eigenvalue weighted by atomic mass is 10.1. The van der Waals surface area contributed by atoms with Gasteiger partial charge in [-0.1, -0.05) is 0 Å². The molecule has 2 heterocycles. The van der Waals surface area contributed by atoms with Crippen LogP contribution in [0.25, 0.3) is 22.3 Å². The molecule has 1 aromatic carbocycles. The van der Waals surface area contributed by atoms with E-state index in [0.717, 1.165) is 6.07 Å². The van der Waals surface area contributed by atoms with Crippen LogP contribution in [0.1, 0.15) is 25.5 Å². The Labute approximate surface area is 157 Å². The number of pyridine rings is 1. The highest BCUT2D eigenvalue weighted by molar-refractivity contribution is 7.71. The van der Waals surface area contributed by atoms with Gasteiger partial charge in [0.15, 0.2) is 4.77 Å². The second kappa shape index (κ2) is 6.80. The zero-order chi connectivity index (χ0) is 19.9. The summed E-state index contributed by atoms with van der Waals surface area (Å²) in [5, 5.41) is -0.526. The van der Waals surface area contributed by atoms with E-state index >= 15 is 0 Å². The Balaban J connectivity index is 2.45. The van der Waals surface area contributed by atoms with Crippen LogP contribution < -0.4 is 10.3 Å². The molecule has 0 amide bonds. The molecule has 27 heavy (non-hydrogen) atoms. The number of aromatic amines is 1. The number of rotatable bonds is 3. The van der Waals surface area contributed by atoms with Gasteiger partial charge in [-0.3, -0.25) is 14.3 Å². The number of benzene rings is 1. The molecule has 0 saturated heterocycles. The molecule has 3 rings (SSSR count). The summed E-state index contributed by atoms with van der Waals surface area (Å²) in [6.07, 6.45) is -4.73. The maximum absolute atomic E-state index is 13.7. The molecule has 0 unspecified atom stereocenters. The predicted octanol–water partition coefficient (Wildman–Crippen LogP) is 4.73. The van der Waals surface area contributed by atoms with Crippen molar-refractivity contribution in [3.63, 3.8) is 0 Å². The van der Waals surface area contributed by atoms with Crippen LogP contribution in [-0.4, -0.2) is 21.6 Å². The quantitative estimate of drug-likeness (QED) is 0.652. The van der Waals surface area contributed by atoms with Crippen molar-refractivity contribution in [2.24, 2.45) is 0 Å². The van der Waals surface area contributed by atoms with Crippen molar-refractivity contribution in [1.29, 1.82) is 0 Å². The lowest BCUT2D eigenvalue weighted by Crippen LogP contribution is -2.21. The number of halogens is 3. The Bertz CT molecular complexity index is 1120. The molecular formula is C18H16F3N3O2S. The van der Waals surface area contributed by atoms with E-state index in [-0.39, 0.29) is 22.2 Å². The molecule has 0 aliphatic carbocycles. The number of nitrogens with zero attached hydrogens (tertiary/aromatic N) is 2. The summed E-state index contributed by atoms with van der Waals surface area (Å²) in [6.45, 7) is 3.51. The molecule has 5 nitrogen and oxygen atoms in total. The van der Waals surface area contributed by atoms with E-state index in [1.807, 2.05) is 0 Å². The number of nitrogens with one attached hydrogen (secondary N) is 1. The topological polar surface area (TPSA) is 59.9 Å². The van der Waals surface area contributed by atoms with Gasteiger partial charge in [0.1, 0.15) is 11.4 Å². The Morgan fingerprint density at radius 3 is 2.37 bits per heavy atom. The second-order valence-corrected chi connectivity index (χ2v) is 6.59. The fourth-order valence-electron chi connectivity index (χ4n) is 2.86. The van der Waals surface area contributed by atoms with E-state index in [0.29, 0.717) is 11.3 Å². The summed E-state index contributed by atoms with van der Waals surface area (Å²) in [5.41, 5.74) is -1.51. The van der Waals surface area contributed by atoms with Gasteiger partial charge in [0.25, 0.3) is 5.56 Å². The third-order valence-electron chi connectivity index (χ3n) is 4.10. The highest BCUT2D eigenvalue weighted by Crippen LogP contribution is 2.36. The van der Waals surface area contributed by atoms with Crippen LogP contribution in [-0.2, 0) is 6.18 Å². The minimum Gasteiger partial charge on any atom is -0.497 e. The average Bonchev–Trinajstić information content (AvgIpc) is 2.59. The molecule has 0 bridgehead atoms. The van der Waals surface area contributed by atoms with Crippen molar-refractivity contribution in [2.45, 2.75) is 26.1 Å². The van der Waals surface area contributed by atoms with E-state index < -0.39 is 22.7 Å². The fraction of sp³-hybridized carbons (Fsp3) is 0.278. The first-order chi connectivity index (χ1) is 12.6. The Morgan fingerprint density at radius 2 is 1.85 bits per heavy atom. The van der Waals surface area contributed by atoms with Gasteiger partial charge in [-0.05, 0) is 56.4 Å². The number of ether oxygens (including phenoxy) is 1. The molecule has 9 heteroatoms. The number of hydrogen-bond donors (Lipinski definition) is 1. The van der Waals surface area contributed by atoms with Crippen LogP contribution in [0.5, 0.6) is 5.75 Å². The van der Waals surface area contributed by atoms with Crippen LogP contribution in [0.2, 0.25) is 0 Å².